The van der Waals surface area contributed by atoms with Gasteiger partial charge in [-0.1, -0.05) is 30.3 Å². The van der Waals surface area contributed by atoms with E-state index in [-0.39, 0.29) is 11.9 Å². The number of carbonyl (C=O) groups is 1. The molecule has 1 aliphatic carbocycles. The van der Waals surface area contributed by atoms with Crippen molar-refractivity contribution in [1.29, 1.82) is 0 Å². The summed E-state index contributed by atoms with van der Waals surface area (Å²) >= 11 is 0. The summed E-state index contributed by atoms with van der Waals surface area (Å²) in [5, 5.41) is 18.9. The molecular weight excluding hydrogens is 378 g/mol. The van der Waals surface area contributed by atoms with Gasteiger partial charge in [0.1, 0.15) is 12.1 Å². The van der Waals surface area contributed by atoms with Crippen LogP contribution < -0.4 is 5.32 Å². The van der Waals surface area contributed by atoms with E-state index >= 15 is 0 Å². The Labute approximate surface area is 173 Å². The lowest BCUT2D eigenvalue weighted by atomic mass is 9.88. The third-order valence-electron chi connectivity index (χ3n) is 5.57. The summed E-state index contributed by atoms with van der Waals surface area (Å²) in [5.41, 5.74) is 4.82. The van der Waals surface area contributed by atoms with E-state index in [1.54, 1.807) is 12.1 Å². The van der Waals surface area contributed by atoms with Gasteiger partial charge in [-0.3, -0.25) is 4.79 Å². The third-order valence-corrected chi connectivity index (χ3v) is 5.57. The van der Waals surface area contributed by atoms with Crippen LogP contribution in [0.3, 0.4) is 0 Å². The molecule has 8 nitrogen and oxygen atoms in total. The molecule has 0 bridgehead atoms. The monoisotopic (exact) mass is 399 g/mol. The van der Waals surface area contributed by atoms with Crippen molar-refractivity contribution in [2.45, 2.75) is 32.2 Å². The van der Waals surface area contributed by atoms with Crippen molar-refractivity contribution in [3.8, 4) is 5.69 Å². The molecule has 1 aliphatic rings. The maximum absolute atomic E-state index is 13.1. The number of tetrazole rings is 1. The number of nitrogens with one attached hydrogen (secondary N) is 1. The molecule has 5 rings (SSSR count). The standard InChI is InChI=1S/C22H21N7O/c1-15-13-24-29(20-11-5-7-16-6-2-3-10-19(16)20)21(15)25-22(30)17-8-4-9-18(12-17)28-14-23-26-27-28/h2-4,6,8-10,12-14,20H,5,7,11H2,1H3,(H,25,30). The second-order valence-corrected chi connectivity index (χ2v) is 7.49. The zero-order chi connectivity index (χ0) is 20.5. The van der Waals surface area contributed by atoms with Crippen LogP contribution in [-0.4, -0.2) is 35.9 Å². The minimum Gasteiger partial charge on any atom is -0.307 e. The van der Waals surface area contributed by atoms with Crippen molar-refractivity contribution in [2.75, 3.05) is 5.32 Å². The molecule has 1 amide bonds. The molecule has 0 radical (unpaired) electrons. The number of hydrogen-bond donors (Lipinski definition) is 1. The highest BCUT2D eigenvalue weighted by Gasteiger charge is 2.25. The highest BCUT2D eigenvalue weighted by Crippen LogP contribution is 2.35. The highest BCUT2D eigenvalue weighted by atomic mass is 16.1. The number of nitrogens with zero attached hydrogens (tertiary/aromatic N) is 6. The predicted molar refractivity (Wildman–Crippen MR) is 112 cm³/mol. The molecule has 1 unspecified atom stereocenters. The molecule has 0 aliphatic heterocycles. The molecule has 150 valence electrons. The van der Waals surface area contributed by atoms with Gasteiger partial charge in [-0.15, -0.1) is 5.10 Å². The molecule has 1 atom stereocenters. The van der Waals surface area contributed by atoms with Crippen LogP contribution in [-0.2, 0) is 6.42 Å². The van der Waals surface area contributed by atoms with Crippen LogP contribution in [0, 0.1) is 6.92 Å². The summed E-state index contributed by atoms with van der Waals surface area (Å²) in [6.07, 6.45) is 6.48. The van der Waals surface area contributed by atoms with Crippen LogP contribution in [0.4, 0.5) is 5.82 Å². The normalized spacial score (nSPS) is 15.6. The average molecular weight is 399 g/mol. The number of benzene rings is 2. The van der Waals surface area contributed by atoms with Gasteiger partial charge in [0.2, 0.25) is 0 Å². The molecule has 4 aromatic rings. The first-order valence-electron chi connectivity index (χ1n) is 9.97. The van der Waals surface area contributed by atoms with Crippen LogP contribution >= 0.6 is 0 Å². The second kappa shape index (κ2) is 7.55. The number of rotatable bonds is 4. The minimum absolute atomic E-state index is 0.117. The van der Waals surface area contributed by atoms with Crippen LogP contribution in [0.1, 0.15) is 45.9 Å². The van der Waals surface area contributed by atoms with E-state index in [1.165, 1.54) is 22.1 Å². The molecule has 8 heteroatoms. The molecular formula is C22H21N7O. The van der Waals surface area contributed by atoms with Crippen molar-refractivity contribution >= 4 is 11.7 Å². The van der Waals surface area contributed by atoms with Gasteiger partial charge in [0.05, 0.1) is 17.9 Å². The first-order chi connectivity index (χ1) is 14.7. The van der Waals surface area contributed by atoms with E-state index in [9.17, 15) is 4.79 Å². The number of aromatic nitrogens is 6. The number of fused-ring (bicyclic) bond motifs is 1. The molecule has 30 heavy (non-hydrogen) atoms. The maximum Gasteiger partial charge on any atom is 0.256 e. The summed E-state index contributed by atoms with van der Waals surface area (Å²) in [7, 11) is 0. The summed E-state index contributed by atoms with van der Waals surface area (Å²) < 4.78 is 3.47. The summed E-state index contributed by atoms with van der Waals surface area (Å²) in [6, 6.07) is 15.8. The molecule has 2 heterocycles. The maximum atomic E-state index is 13.1. The fraction of sp³-hybridized carbons (Fsp3) is 0.227. The van der Waals surface area contributed by atoms with Crippen molar-refractivity contribution < 1.29 is 4.79 Å². The predicted octanol–water partition coefficient (Wildman–Crippen LogP) is 3.35. The lowest BCUT2D eigenvalue weighted by Gasteiger charge is -2.27. The zero-order valence-electron chi connectivity index (χ0n) is 16.6. The number of anilines is 1. The fourth-order valence-electron chi connectivity index (χ4n) is 4.07. The van der Waals surface area contributed by atoms with E-state index in [1.807, 2.05) is 29.9 Å². The van der Waals surface area contributed by atoms with E-state index in [2.05, 4.69) is 50.2 Å². The van der Waals surface area contributed by atoms with Crippen molar-refractivity contribution in [3.05, 3.63) is 83.3 Å². The SMILES string of the molecule is Cc1cnn(C2CCCc3ccccc32)c1NC(=O)c1cccc(-n2cnnn2)c1. The lowest BCUT2D eigenvalue weighted by molar-refractivity contribution is 0.102. The lowest BCUT2D eigenvalue weighted by Crippen LogP contribution is -2.22. The minimum atomic E-state index is -0.195. The van der Waals surface area contributed by atoms with E-state index in [0.29, 0.717) is 5.56 Å². The second-order valence-electron chi connectivity index (χ2n) is 7.49. The average Bonchev–Trinajstić information content (AvgIpc) is 3.44. The van der Waals surface area contributed by atoms with E-state index in [4.69, 9.17) is 0 Å². The number of amides is 1. The van der Waals surface area contributed by atoms with Gasteiger partial charge in [0, 0.05) is 11.1 Å². The highest BCUT2D eigenvalue weighted by molar-refractivity contribution is 6.04. The molecule has 0 spiro atoms. The molecule has 0 saturated heterocycles. The molecule has 0 fully saturated rings. The molecule has 1 N–H and O–H groups in total. The first kappa shape index (κ1) is 18.2. The van der Waals surface area contributed by atoms with Gasteiger partial charge >= 0.3 is 0 Å². The van der Waals surface area contributed by atoms with Gasteiger partial charge in [-0.25, -0.2) is 9.36 Å². The van der Waals surface area contributed by atoms with Crippen molar-refractivity contribution in [2.24, 2.45) is 0 Å². The fourth-order valence-corrected chi connectivity index (χ4v) is 4.07. The van der Waals surface area contributed by atoms with Gasteiger partial charge in [-0.05, 0) is 65.9 Å². The van der Waals surface area contributed by atoms with Crippen LogP contribution in [0.15, 0.2) is 61.1 Å². The molecule has 0 saturated carbocycles. The quantitative estimate of drug-likeness (QED) is 0.568. The molecule has 2 aromatic carbocycles. The van der Waals surface area contributed by atoms with Crippen LogP contribution in [0.5, 0.6) is 0 Å². The Morgan fingerprint density at radius 1 is 1.17 bits per heavy atom. The zero-order valence-corrected chi connectivity index (χ0v) is 16.6. The van der Waals surface area contributed by atoms with Crippen LogP contribution in [0.2, 0.25) is 0 Å². The van der Waals surface area contributed by atoms with E-state index in [0.717, 1.165) is 36.3 Å². The largest absolute Gasteiger partial charge is 0.307 e. The Balaban J connectivity index is 1.45. The number of hydrogen-bond acceptors (Lipinski definition) is 5. The Hall–Kier alpha value is -3.81. The van der Waals surface area contributed by atoms with Gasteiger partial charge in [0.15, 0.2) is 0 Å². The van der Waals surface area contributed by atoms with Gasteiger partial charge < -0.3 is 5.32 Å². The Morgan fingerprint density at radius 2 is 2.07 bits per heavy atom. The molecule has 2 aromatic heterocycles. The van der Waals surface area contributed by atoms with Crippen molar-refractivity contribution in [1.82, 2.24) is 30.0 Å². The number of carbonyl (C=O) groups excluding carboxylic acids is 1. The first-order valence-corrected chi connectivity index (χ1v) is 9.97. The summed E-state index contributed by atoms with van der Waals surface area (Å²) in [4.78, 5) is 13.1. The smallest absolute Gasteiger partial charge is 0.256 e. The number of aryl methyl sites for hydroxylation is 2. The Kier molecular flexibility index (Phi) is 4.59. The van der Waals surface area contributed by atoms with Gasteiger partial charge in [0.25, 0.3) is 5.91 Å². The summed E-state index contributed by atoms with van der Waals surface area (Å²) in [6.45, 7) is 1.96. The Morgan fingerprint density at radius 3 is 2.93 bits per heavy atom. The Bertz CT molecular complexity index is 1200. The van der Waals surface area contributed by atoms with E-state index < -0.39 is 0 Å². The van der Waals surface area contributed by atoms with Crippen molar-refractivity contribution in [3.63, 3.8) is 0 Å². The topological polar surface area (TPSA) is 90.5 Å². The van der Waals surface area contributed by atoms with Gasteiger partial charge in [-0.2, -0.15) is 5.10 Å². The third kappa shape index (κ3) is 3.26. The summed E-state index contributed by atoms with van der Waals surface area (Å²) in [5.74, 6) is 0.536. The van der Waals surface area contributed by atoms with Crippen LogP contribution in [0.25, 0.3) is 5.69 Å².